The van der Waals surface area contributed by atoms with E-state index < -0.39 is 0 Å². The van der Waals surface area contributed by atoms with E-state index in [0.717, 1.165) is 29.7 Å². The van der Waals surface area contributed by atoms with Crippen LogP contribution in [0.4, 0.5) is 0 Å². The van der Waals surface area contributed by atoms with Gasteiger partial charge in [-0.05, 0) is 60.7 Å². The smallest absolute Gasteiger partial charge is 0.216 e. The lowest BCUT2D eigenvalue weighted by atomic mass is 9.32. The minimum Gasteiger partial charge on any atom is -0.356 e. The van der Waals surface area contributed by atoms with Crippen molar-refractivity contribution in [1.82, 2.24) is 5.32 Å². The Hall–Kier alpha value is -0.530. The number of amides is 1. The molecular weight excluding hydrogens is 186 g/mol. The van der Waals surface area contributed by atoms with Crippen molar-refractivity contribution in [3.63, 3.8) is 0 Å². The molecule has 5 unspecified atom stereocenters. The Balaban J connectivity index is 1.61. The number of hydrogen-bond acceptors (Lipinski definition) is 1. The highest BCUT2D eigenvalue weighted by molar-refractivity contribution is 5.72. The molecule has 0 aromatic rings. The molecule has 1 spiro atoms. The summed E-state index contributed by atoms with van der Waals surface area (Å²) in [5, 5.41) is 3.09. The first-order valence-corrected chi connectivity index (χ1v) is 6.41. The highest BCUT2D eigenvalue weighted by Crippen LogP contribution is 2.86. The average molecular weight is 205 g/mol. The van der Waals surface area contributed by atoms with Crippen LogP contribution < -0.4 is 5.32 Å². The van der Waals surface area contributed by atoms with E-state index in [1.807, 2.05) is 0 Å². The number of rotatable bonds is 2. The first kappa shape index (κ1) is 8.60. The molecule has 0 heterocycles. The Kier molecular flexibility index (Phi) is 1.29. The van der Waals surface area contributed by atoms with Crippen LogP contribution in [0.2, 0.25) is 0 Å². The molecule has 2 bridgehead atoms. The summed E-state index contributed by atoms with van der Waals surface area (Å²) in [7, 11) is 0. The molecule has 4 aliphatic carbocycles. The molecule has 4 aliphatic rings. The fraction of sp³-hybridized carbons (Fsp3) is 0.923. The Bertz CT molecular complexity index is 352. The normalized spacial score (nSPS) is 58.1. The van der Waals surface area contributed by atoms with E-state index in [1.54, 1.807) is 6.92 Å². The average Bonchev–Trinajstić information content (AvgIpc) is 2.61. The van der Waals surface area contributed by atoms with Crippen LogP contribution in [0.1, 0.15) is 39.0 Å². The molecule has 2 heteroatoms. The molecule has 0 aromatic carbocycles. The zero-order chi connectivity index (χ0) is 10.3. The standard InChI is InChI=1S/C13H19NO/c1-8(15)14-7-12-4-9-2-10-3-11(6-12)13(10,12)5-9/h9-11H,2-7H2,1H3,(H,14,15). The quantitative estimate of drug-likeness (QED) is 0.733. The second kappa shape index (κ2) is 2.26. The monoisotopic (exact) mass is 205 g/mol. The molecule has 0 aromatic heterocycles. The van der Waals surface area contributed by atoms with Gasteiger partial charge < -0.3 is 5.32 Å². The Labute approximate surface area is 90.8 Å². The zero-order valence-corrected chi connectivity index (χ0v) is 9.38. The maximum absolute atomic E-state index is 11.1. The van der Waals surface area contributed by atoms with Gasteiger partial charge in [-0.25, -0.2) is 0 Å². The van der Waals surface area contributed by atoms with Gasteiger partial charge in [0.1, 0.15) is 0 Å². The van der Waals surface area contributed by atoms with E-state index in [0.29, 0.717) is 5.41 Å². The van der Waals surface area contributed by atoms with Crippen molar-refractivity contribution in [1.29, 1.82) is 0 Å². The van der Waals surface area contributed by atoms with E-state index in [9.17, 15) is 4.79 Å². The molecule has 4 saturated carbocycles. The number of fused-ring (bicyclic) bond motifs is 1. The van der Waals surface area contributed by atoms with Gasteiger partial charge in [0.05, 0.1) is 0 Å². The Morgan fingerprint density at radius 2 is 2.13 bits per heavy atom. The fourth-order valence-electron chi connectivity index (χ4n) is 6.00. The predicted molar refractivity (Wildman–Crippen MR) is 57.1 cm³/mol. The van der Waals surface area contributed by atoms with Crippen LogP contribution in [0.3, 0.4) is 0 Å². The van der Waals surface area contributed by atoms with E-state index in [1.165, 1.54) is 32.1 Å². The number of hydrogen-bond donors (Lipinski definition) is 1. The molecule has 1 amide bonds. The summed E-state index contributed by atoms with van der Waals surface area (Å²) in [6.45, 7) is 2.63. The topological polar surface area (TPSA) is 29.1 Å². The first-order valence-electron chi connectivity index (χ1n) is 6.41. The highest BCUT2D eigenvalue weighted by Gasteiger charge is 2.79. The summed E-state index contributed by atoms with van der Waals surface area (Å²) in [6, 6.07) is 0. The lowest BCUT2D eigenvalue weighted by Gasteiger charge is -2.73. The van der Waals surface area contributed by atoms with Crippen molar-refractivity contribution in [3.8, 4) is 0 Å². The molecule has 4 rings (SSSR count). The molecule has 0 saturated heterocycles. The molecule has 0 aliphatic heterocycles. The van der Waals surface area contributed by atoms with Gasteiger partial charge in [-0.1, -0.05) is 0 Å². The highest BCUT2D eigenvalue weighted by atomic mass is 16.1. The Morgan fingerprint density at radius 1 is 1.27 bits per heavy atom. The van der Waals surface area contributed by atoms with Crippen LogP contribution in [0.15, 0.2) is 0 Å². The molecule has 1 N–H and O–H groups in total. The molecule has 5 atom stereocenters. The van der Waals surface area contributed by atoms with Gasteiger partial charge in [0.15, 0.2) is 0 Å². The predicted octanol–water partition coefficient (Wildman–Crippen LogP) is 1.95. The summed E-state index contributed by atoms with van der Waals surface area (Å²) in [5.41, 5.74) is 1.27. The summed E-state index contributed by atoms with van der Waals surface area (Å²) in [5.74, 6) is 3.26. The lowest BCUT2D eigenvalue weighted by Crippen LogP contribution is -2.69. The molecular formula is C13H19NO. The van der Waals surface area contributed by atoms with Gasteiger partial charge in [0.25, 0.3) is 0 Å². The van der Waals surface area contributed by atoms with E-state index in [4.69, 9.17) is 0 Å². The van der Waals surface area contributed by atoms with Gasteiger partial charge >= 0.3 is 0 Å². The lowest BCUT2D eigenvalue weighted by molar-refractivity contribution is -0.241. The molecule has 15 heavy (non-hydrogen) atoms. The van der Waals surface area contributed by atoms with Crippen LogP contribution >= 0.6 is 0 Å². The zero-order valence-electron chi connectivity index (χ0n) is 9.38. The number of carbonyl (C=O) groups is 1. The summed E-state index contributed by atoms with van der Waals surface area (Å²) in [6.07, 6.45) is 7.36. The van der Waals surface area contributed by atoms with Crippen molar-refractivity contribution in [2.24, 2.45) is 28.6 Å². The van der Waals surface area contributed by atoms with E-state index in [2.05, 4.69) is 5.32 Å². The van der Waals surface area contributed by atoms with Gasteiger partial charge in [0.2, 0.25) is 5.91 Å². The maximum Gasteiger partial charge on any atom is 0.216 e. The van der Waals surface area contributed by atoms with Crippen molar-refractivity contribution >= 4 is 5.91 Å². The van der Waals surface area contributed by atoms with E-state index >= 15 is 0 Å². The summed E-state index contributed by atoms with van der Waals surface area (Å²) in [4.78, 5) is 11.1. The van der Waals surface area contributed by atoms with Crippen LogP contribution in [0, 0.1) is 28.6 Å². The first-order chi connectivity index (χ1) is 7.16. The molecule has 4 fully saturated rings. The van der Waals surface area contributed by atoms with Crippen molar-refractivity contribution in [2.45, 2.75) is 39.0 Å². The van der Waals surface area contributed by atoms with Gasteiger partial charge in [-0.3, -0.25) is 4.79 Å². The largest absolute Gasteiger partial charge is 0.356 e. The van der Waals surface area contributed by atoms with Crippen LogP contribution in [-0.2, 0) is 4.79 Å². The molecule has 2 nitrogen and oxygen atoms in total. The van der Waals surface area contributed by atoms with E-state index in [-0.39, 0.29) is 5.91 Å². The minimum atomic E-state index is 0.155. The maximum atomic E-state index is 11.1. The second-order valence-corrected chi connectivity index (χ2v) is 6.57. The number of nitrogens with one attached hydrogen (secondary N) is 1. The van der Waals surface area contributed by atoms with Gasteiger partial charge in [-0.15, -0.1) is 0 Å². The SMILES string of the molecule is CC(=O)NCC12CC3CC4CC(C1)C42C3. The van der Waals surface area contributed by atoms with Gasteiger partial charge in [-0.2, -0.15) is 0 Å². The second-order valence-electron chi connectivity index (χ2n) is 6.57. The van der Waals surface area contributed by atoms with Gasteiger partial charge in [0, 0.05) is 13.5 Å². The third-order valence-corrected chi connectivity index (χ3v) is 6.25. The third-order valence-electron chi connectivity index (χ3n) is 6.25. The fourth-order valence-corrected chi connectivity index (χ4v) is 6.00. The molecule has 82 valence electrons. The van der Waals surface area contributed by atoms with Crippen molar-refractivity contribution in [3.05, 3.63) is 0 Å². The third kappa shape index (κ3) is 0.724. The minimum absolute atomic E-state index is 0.155. The summed E-state index contributed by atoms with van der Waals surface area (Å²) < 4.78 is 0. The Morgan fingerprint density at radius 3 is 2.80 bits per heavy atom. The molecule has 0 radical (unpaired) electrons. The van der Waals surface area contributed by atoms with Crippen LogP contribution in [0.25, 0.3) is 0 Å². The van der Waals surface area contributed by atoms with Crippen LogP contribution in [-0.4, -0.2) is 12.5 Å². The van der Waals surface area contributed by atoms with Crippen LogP contribution in [0.5, 0.6) is 0 Å². The summed E-state index contributed by atoms with van der Waals surface area (Å²) >= 11 is 0. The number of carbonyl (C=O) groups excluding carboxylic acids is 1. The van der Waals surface area contributed by atoms with Crippen molar-refractivity contribution in [2.75, 3.05) is 6.54 Å². The van der Waals surface area contributed by atoms with Crippen molar-refractivity contribution < 1.29 is 4.79 Å².